The SMILES string of the molecule is CCOC(=O)CC(=S)NN(CC(=O)OCC)c1ccc(C#N)nc1. The van der Waals surface area contributed by atoms with E-state index in [1.165, 1.54) is 17.3 Å². The monoisotopic (exact) mass is 350 g/mol. The molecular weight excluding hydrogens is 332 g/mol. The summed E-state index contributed by atoms with van der Waals surface area (Å²) in [7, 11) is 0. The van der Waals surface area contributed by atoms with E-state index in [1.807, 2.05) is 6.07 Å². The van der Waals surface area contributed by atoms with Crippen molar-refractivity contribution in [2.24, 2.45) is 0 Å². The van der Waals surface area contributed by atoms with Crippen LogP contribution in [0.4, 0.5) is 5.69 Å². The molecule has 9 heteroatoms. The number of anilines is 1. The number of hydrazine groups is 1. The smallest absolute Gasteiger partial charge is 0.327 e. The van der Waals surface area contributed by atoms with Crippen molar-refractivity contribution in [3.8, 4) is 6.07 Å². The van der Waals surface area contributed by atoms with Crippen molar-refractivity contribution >= 4 is 34.8 Å². The number of carbonyl (C=O) groups is 2. The van der Waals surface area contributed by atoms with Gasteiger partial charge in [-0.05, 0) is 26.0 Å². The summed E-state index contributed by atoms with van der Waals surface area (Å²) in [6, 6.07) is 5.01. The predicted molar refractivity (Wildman–Crippen MR) is 89.9 cm³/mol. The van der Waals surface area contributed by atoms with Crippen molar-refractivity contribution in [3.63, 3.8) is 0 Å². The highest BCUT2D eigenvalue weighted by molar-refractivity contribution is 7.80. The lowest BCUT2D eigenvalue weighted by Gasteiger charge is -2.25. The molecule has 128 valence electrons. The van der Waals surface area contributed by atoms with Crippen molar-refractivity contribution in [2.75, 3.05) is 24.8 Å². The number of nitrogens with zero attached hydrogens (tertiary/aromatic N) is 3. The van der Waals surface area contributed by atoms with Crippen LogP contribution in [0.25, 0.3) is 0 Å². The Balaban J connectivity index is 2.84. The first kappa shape index (κ1) is 19.3. The van der Waals surface area contributed by atoms with Gasteiger partial charge in [-0.3, -0.25) is 20.0 Å². The van der Waals surface area contributed by atoms with Gasteiger partial charge >= 0.3 is 11.9 Å². The molecule has 0 aromatic carbocycles. The molecule has 0 radical (unpaired) electrons. The lowest BCUT2D eigenvalue weighted by Crippen LogP contribution is -2.45. The molecule has 1 N–H and O–H groups in total. The molecule has 0 aliphatic carbocycles. The summed E-state index contributed by atoms with van der Waals surface area (Å²) >= 11 is 5.11. The Morgan fingerprint density at radius 3 is 2.50 bits per heavy atom. The highest BCUT2D eigenvalue weighted by Crippen LogP contribution is 2.11. The van der Waals surface area contributed by atoms with Gasteiger partial charge in [-0.15, -0.1) is 0 Å². The van der Waals surface area contributed by atoms with E-state index in [9.17, 15) is 9.59 Å². The molecule has 0 bridgehead atoms. The number of hydrogen-bond donors (Lipinski definition) is 1. The maximum Gasteiger partial charge on any atom is 0.327 e. The number of rotatable bonds is 8. The van der Waals surface area contributed by atoms with E-state index in [0.29, 0.717) is 5.69 Å². The quantitative estimate of drug-likeness (QED) is 0.419. The fourth-order valence-corrected chi connectivity index (χ4v) is 1.90. The number of hydrogen-bond acceptors (Lipinski definition) is 8. The Morgan fingerprint density at radius 1 is 1.29 bits per heavy atom. The molecule has 0 saturated heterocycles. The first-order chi connectivity index (χ1) is 11.5. The lowest BCUT2D eigenvalue weighted by molar-refractivity contribution is -0.142. The summed E-state index contributed by atoms with van der Waals surface area (Å²) in [5.74, 6) is -0.947. The van der Waals surface area contributed by atoms with E-state index in [0.717, 1.165) is 0 Å². The zero-order valence-electron chi connectivity index (χ0n) is 13.4. The summed E-state index contributed by atoms with van der Waals surface area (Å²) in [6.45, 7) is 3.75. The minimum atomic E-state index is -0.478. The molecule has 1 aromatic rings. The standard InChI is InChI=1S/C15H18N4O4S/c1-3-22-14(20)7-13(24)18-19(10-15(21)23-4-2)12-6-5-11(8-16)17-9-12/h5-6,9H,3-4,7,10H2,1-2H3,(H,18,24). The van der Waals surface area contributed by atoms with Gasteiger partial charge in [-0.1, -0.05) is 12.2 Å². The largest absolute Gasteiger partial charge is 0.466 e. The number of pyridine rings is 1. The van der Waals surface area contributed by atoms with Gasteiger partial charge < -0.3 is 9.47 Å². The number of ether oxygens (including phenoxy) is 2. The number of nitriles is 1. The van der Waals surface area contributed by atoms with Gasteiger partial charge in [-0.25, -0.2) is 4.98 Å². The molecule has 0 atom stereocenters. The van der Waals surface area contributed by atoms with Crippen LogP contribution >= 0.6 is 12.2 Å². The third kappa shape index (κ3) is 6.58. The van der Waals surface area contributed by atoms with Gasteiger partial charge in [-0.2, -0.15) is 5.26 Å². The van der Waals surface area contributed by atoms with E-state index in [4.69, 9.17) is 27.0 Å². The Labute approximate surface area is 145 Å². The Morgan fingerprint density at radius 2 is 1.96 bits per heavy atom. The Bertz CT molecular complexity index is 627. The average molecular weight is 350 g/mol. The zero-order valence-corrected chi connectivity index (χ0v) is 14.3. The van der Waals surface area contributed by atoms with Gasteiger partial charge in [0.15, 0.2) is 0 Å². The Hall–Kier alpha value is -2.73. The van der Waals surface area contributed by atoms with Gasteiger partial charge in [0, 0.05) is 0 Å². The van der Waals surface area contributed by atoms with Crippen LogP contribution in [0.15, 0.2) is 18.3 Å². The third-order valence-corrected chi connectivity index (χ3v) is 2.87. The van der Waals surface area contributed by atoms with Crippen molar-refractivity contribution in [2.45, 2.75) is 20.3 Å². The molecule has 8 nitrogen and oxygen atoms in total. The van der Waals surface area contributed by atoms with Crippen LogP contribution < -0.4 is 10.4 Å². The second-order valence-corrected chi connectivity index (χ2v) is 4.91. The van der Waals surface area contributed by atoms with Crippen molar-refractivity contribution in [3.05, 3.63) is 24.0 Å². The molecule has 0 spiro atoms. The van der Waals surface area contributed by atoms with Crippen LogP contribution in [0.3, 0.4) is 0 Å². The topological polar surface area (TPSA) is 105 Å². The number of thiocarbonyl (C=S) groups is 1. The minimum absolute atomic E-state index is 0.119. The normalized spacial score (nSPS) is 9.54. The molecule has 1 rings (SSSR count). The minimum Gasteiger partial charge on any atom is -0.466 e. The average Bonchev–Trinajstić information content (AvgIpc) is 2.54. The van der Waals surface area contributed by atoms with Gasteiger partial charge in [0.25, 0.3) is 0 Å². The number of nitrogens with one attached hydrogen (secondary N) is 1. The van der Waals surface area contributed by atoms with E-state index in [1.54, 1.807) is 19.9 Å². The number of aromatic nitrogens is 1. The van der Waals surface area contributed by atoms with Crippen LogP contribution in [0, 0.1) is 11.3 Å². The molecule has 0 unspecified atom stereocenters. The molecule has 1 heterocycles. The van der Waals surface area contributed by atoms with Crippen LogP contribution in [-0.2, 0) is 19.1 Å². The first-order valence-corrected chi connectivity index (χ1v) is 7.65. The Kier molecular flexibility index (Phi) is 8.15. The van der Waals surface area contributed by atoms with Gasteiger partial charge in [0.05, 0.1) is 31.5 Å². The maximum atomic E-state index is 11.7. The molecule has 0 fully saturated rings. The van der Waals surface area contributed by atoms with E-state index < -0.39 is 11.9 Å². The summed E-state index contributed by atoms with van der Waals surface area (Å²) in [4.78, 5) is 27.3. The molecule has 1 aromatic heterocycles. The molecule has 0 aliphatic heterocycles. The van der Waals surface area contributed by atoms with Crippen LogP contribution in [0.1, 0.15) is 26.0 Å². The van der Waals surface area contributed by atoms with Crippen molar-refractivity contribution in [1.82, 2.24) is 10.4 Å². The second-order valence-electron chi connectivity index (χ2n) is 4.42. The fraction of sp³-hybridized carbons (Fsp3) is 0.400. The van der Waals surface area contributed by atoms with Crippen LogP contribution in [0.2, 0.25) is 0 Å². The summed E-state index contributed by atoms with van der Waals surface area (Å²) in [5.41, 5.74) is 3.52. The van der Waals surface area contributed by atoms with E-state index in [-0.39, 0.29) is 36.9 Å². The highest BCUT2D eigenvalue weighted by atomic mass is 32.1. The van der Waals surface area contributed by atoms with Gasteiger partial charge in [0.2, 0.25) is 0 Å². The fourth-order valence-electron chi connectivity index (χ4n) is 1.68. The highest BCUT2D eigenvalue weighted by Gasteiger charge is 2.16. The van der Waals surface area contributed by atoms with Crippen molar-refractivity contribution < 1.29 is 19.1 Å². The second kappa shape index (κ2) is 10.1. The lowest BCUT2D eigenvalue weighted by atomic mass is 10.3. The molecule has 0 aliphatic rings. The zero-order chi connectivity index (χ0) is 17.9. The maximum absolute atomic E-state index is 11.7. The molecule has 24 heavy (non-hydrogen) atoms. The molecule has 0 saturated carbocycles. The van der Waals surface area contributed by atoms with Crippen LogP contribution in [0.5, 0.6) is 0 Å². The van der Waals surface area contributed by atoms with E-state index in [2.05, 4.69) is 10.4 Å². The van der Waals surface area contributed by atoms with Crippen molar-refractivity contribution in [1.29, 1.82) is 5.26 Å². The third-order valence-electron chi connectivity index (χ3n) is 2.64. The summed E-state index contributed by atoms with van der Waals surface area (Å²) < 4.78 is 9.74. The van der Waals surface area contributed by atoms with Crippen LogP contribution in [-0.4, -0.2) is 41.7 Å². The molecule has 0 amide bonds. The summed E-state index contributed by atoms with van der Waals surface area (Å²) in [6.07, 6.45) is 1.30. The number of carbonyl (C=O) groups excluding carboxylic acids is 2. The first-order valence-electron chi connectivity index (χ1n) is 7.24. The number of esters is 2. The van der Waals surface area contributed by atoms with E-state index >= 15 is 0 Å². The molecular formula is C15H18N4O4S. The van der Waals surface area contributed by atoms with Gasteiger partial charge in [0.1, 0.15) is 23.3 Å². The predicted octanol–water partition coefficient (Wildman–Crippen LogP) is 1.11. The summed E-state index contributed by atoms with van der Waals surface area (Å²) in [5, 5.41) is 10.2.